The molecule has 3 atom stereocenters. The Hall–Kier alpha value is -1.02. The molecule has 2 rings (SSSR count). The summed E-state index contributed by atoms with van der Waals surface area (Å²) < 4.78 is 6.16. The number of rotatable bonds is 3. The fraction of sp³-hybridized carbons (Fsp3) is 0.647. The Balaban J connectivity index is 2.00. The molecular formula is C17H27NO. The molecule has 0 radical (unpaired) electrons. The summed E-state index contributed by atoms with van der Waals surface area (Å²) >= 11 is 0. The normalized spacial score (nSPS) is 27.8. The highest BCUT2D eigenvalue weighted by molar-refractivity contribution is 5.29. The van der Waals surface area contributed by atoms with E-state index in [1.807, 2.05) is 19.1 Å². The van der Waals surface area contributed by atoms with Crippen molar-refractivity contribution in [1.82, 2.24) is 0 Å². The van der Waals surface area contributed by atoms with Crippen LogP contribution in [-0.2, 0) is 0 Å². The number of benzene rings is 1. The first-order chi connectivity index (χ1) is 8.85. The molecule has 106 valence electrons. The van der Waals surface area contributed by atoms with Crippen LogP contribution in [-0.4, -0.2) is 6.10 Å². The van der Waals surface area contributed by atoms with Crippen LogP contribution in [0.3, 0.4) is 0 Å². The molecule has 19 heavy (non-hydrogen) atoms. The highest BCUT2D eigenvalue weighted by atomic mass is 16.5. The van der Waals surface area contributed by atoms with E-state index < -0.39 is 0 Å². The fourth-order valence-electron chi connectivity index (χ4n) is 3.39. The van der Waals surface area contributed by atoms with Crippen LogP contribution in [0.25, 0.3) is 0 Å². The summed E-state index contributed by atoms with van der Waals surface area (Å²) in [5.74, 6) is 1.72. The van der Waals surface area contributed by atoms with Gasteiger partial charge in [-0.15, -0.1) is 0 Å². The van der Waals surface area contributed by atoms with Crippen molar-refractivity contribution in [1.29, 1.82) is 0 Å². The molecule has 0 spiro atoms. The van der Waals surface area contributed by atoms with Crippen molar-refractivity contribution in [3.05, 3.63) is 29.8 Å². The summed E-state index contributed by atoms with van der Waals surface area (Å²) in [6.45, 7) is 9.02. The predicted molar refractivity (Wildman–Crippen MR) is 80.3 cm³/mol. The Kier molecular flexibility index (Phi) is 4.19. The minimum atomic E-state index is 0.0858. The third-order valence-electron chi connectivity index (χ3n) is 4.06. The van der Waals surface area contributed by atoms with Gasteiger partial charge in [0.25, 0.3) is 0 Å². The van der Waals surface area contributed by atoms with Gasteiger partial charge < -0.3 is 10.5 Å². The summed E-state index contributed by atoms with van der Waals surface area (Å²) in [7, 11) is 0. The highest BCUT2D eigenvalue weighted by Gasteiger charge is 2.33. The zero-order valence-corrected chi connectivity index (χ0v) is 12.6. The van der Waals surface area contributed by atoms with E-state index in [0.717, 1.165) is 23.7 Å². The molecular weight excluding hydrogens is 234 g/mol. The van der Waals surface area contributed by atoms with Gasteiger partial charge in [0, 0.05) is 6.04 Å². The minimum absolute atomic E-state index is 0.0858. The lowest BCUT2D eigenvalue weighted by Crippen LogP contribution is -2.34. The number of nitrogens with two attached hydrogens (primary N) is 1. The molecule has 2 unspecified atom stereocenters. The molecule has 2 heteroatoms. The summed E-state index contributed by atoms with van der Waals surface area (Å²) in [6.07, 6.45) is 3.96. The van der Waals surface area contributed by atoms with Gasteiger partial charge in [-0.05, 0) is 55.2 Å². The van der Waals surface area contributed by atoms with Crippen LogP contribution in [0.1, 0.15) is 58.6 Å². The topological polar surface area (TPSA) is 35.2 Å². The van der Waals surface area contributed by atoms with Crippen LogP contribution in [0.4, 0.5) is 0 Å². The quantitative estimate of drug-likeness (QED) is 0.880. The first kappa shape index (κ1) is 14.4. The number of ether oxygens (including phenoxy) is 1. The molecule has 0 aromatic heterocycles. The first-order valence-electron chi connectivity index (χ1n) is 7.38. The van der Waals surface area contributed by atoms with E-state index >= 15 is 0 Å². The van der Waals surface area contributed by atoms with E-state index in [0.29, 0.717) is 11.5 Å². The fourth-order valence-corrected chi connectivity index (χ4v) is 3.39. The zero-order chi connectivity index (χ0) is 14.0. The van der Waals surface area contributed by atoms with Crippen molar-refractivity contribution in [2.24, 2.45) is 17.1 Å². The number of hydrogen-bond donors (Lipinski definition) is 1. The van der Waals surface area contributed by atoms with Gasteiger partial charge in [0.05, 0.1) is 6.10 Å². The molecule has 1 aromatic carbocycles. The van der Waals surface area contributed by atoms with Gasteiger partial charge >= 0.3 is 0 Å². The maximum atomic E-state index is 6.16. The van der Waals surface area contributed by atoms with Gasteiger partial charge in [0.15, 0.2) is 0 Å². The standard InChI is InChI=1S/C17H27NO/c1-12-9-16(11-17(3,4)10-12)19-15-7-5-14(6-8-15)13(2)18/h5-8,12-13,16H,9-11,18H2,1-4H3/t12?,13-,16?/m1/s1. The van der Waals surface area contributed by atoms with Gasteiger partial charge in [0.2, 0.25) is 0 Å². The Morgan fingerprint density at radius 2 is 1.84 bits per heavy atom. The molecule has 0 bridgehead atoms. The zero-order valence-electron chi connectivity index (χ0n) is 12.6. The third kappa shape index (κ3) is 3.97. The molecule has 0 heterocycles. The third-order valence-corrected chi connectivity index (χ3v) is 4.06. The Morgan fingerprint density at radius 1 is 1.21 bits per heavy atom. The van der Waals surface area contributed by atoms with E-state index in [9.17, 15) is 0 Å². The first-order valence-corrected chi connectivity index (χ1v) is 7.38. The van der Waals surface area contributed by atoms with Crippen molar-refractivity contribution < 1.29 is 4.74 Å². The lowest BCUT2D eigenvalue weighted by molar-refractivity contribution is 0.0562. The molecule has 1 aromatic rings. The highest BCUT2D eigenvalue weighted by Crippen LogP contribution is 2.40. The molecule has 0 amide bonds. The summed E-state index contributed by atoms with van der Waals surface area (Å²) in [4.78, 5) is 0. The molecule has 1 fully saturated rings. The van der Waals surface area contributed by atoms with Gasteiger partial charge in [-0.2, -0.15) is 0 Å². The van der Waals surface area contributed by atoms with Gasteiger partial charge in [-0.1, -0.05) is 32.9 Å². The van der Waals surface area contributed by atoms with Crippen LogP contribution in [0.15, 0.2) is 24.3 Å². The van der Waals surface area contributed by atoms with E-state index in [2.05, 4.69) is 32.9 Å². The van der Waals surface area contributed by atoms with Crippen molar-refractivity contribution in [3.8, 4) is 5.75 Å². The molecule has 0 aliphatic heterocycles. The molecule has 1 aliphatic carbocycles. The largest absolute Gasteiger partial charge is 0.490 e. The van der Waals surface area contributed by atoms with E-state index in [1.54, 1.807) is 0 Å². The Labute approximate surface area is 117 Å². The Bertz CT molecular complexity index is 408. The van der Waals surface area contributed by atoms with Crippen molar-refractivity contribution >= 4 is 0 Å². The van der Waals surface area contributed by atoms with Gasteiger partial charge in [-0.25, -0.2) is 0 Å². The summed E-state index contributed by atoms with van der Waals surface area (Å²) in [6, 6.07) is 8.31. The van der Waals surface area contributed by atoms with Crippen LogP contribution in [0.5, 0.6) is 5.75 Å². The second kappa shape index (κ2) is 5.54. The van der Waals surface area contributed by atoms with Crippen molar-refractivity contribution in [3.63, 3.8) is 0 Å². The molecule has 1 aliphatic rings. The molecule has 0 saturated heterocycles. The smallest absolute Gasteiger partial charge is 0.119 e. The molecule has 2 nitrogen and oxygen atoms in total. The maximum absolute atomic E-state index is 6.16. The van der Waals surface area contributed by atoms with Gasteiger partial charge in [-0.3, -0.25) is 0 Å². The average molecular weight is 261 g/mol. The lowest BCUT2D eigenvalue weighted by Gasteiger charge is -2.38. The summed E-state index contributed by atoms with van der Waals surface area (Å²) in [5, 5.41) is 0. The van der Waals surface area contributed by atoms with E-state index in [4.69, 9.17) is 10.5 Å². The van der Waals surface area contributed by atoms with Crippen molar-refractivity contribution in [2.75, 3.05) is 0 Å². The molecule has 2 N–H and O–H groups in total. The predicted octanol–water partition coefficient (Wildman–Crippen LogP) is 4.30. The molecule has 1 saturated carbocycles. The van der Waals surface area contributed by atoms with Crippen LogP contribution in [0, 0.1) is 11.3 Å². The Morgan fingerprint density at radius 3 is 2.37 bits per heavy atom. The monoisotopic (exact) mass is 261 g/mol. The van der Waals surface area contributed by atoms with Crippen LogP contribution < -0.4 is 10.5 Å². The SMILES string of the molecule is CC1CC(Oc2ccc([C@@H](C)N)cc2)CC(C)(C)C1. The van der Waals surface area contributed by atoms with Crippen LogP contribution >= 0.6 is 0 Å². The van der Waals surface area contributed by atoms with E-state index in [1.165, 1.54) is 12.8 Å². The average Bonchev–Trinajstić information content (AvgIpc) is 2.26. The van der Waals surface area contributed by atoms with Gasteiger partial charge in [0.1, 0.15) is 5.75 Å². The second-order valence-corrected chi connectivity index (χ2v) is 7.01. The summed E-state index contributed by atoms with van der Waals surface area (Å²) in [5.41, 5.74) is 7.41. The minimum Gasteiger partial charge on any atom is -0.490 e. The van der Waals surface area contributed by atoms with Crippen molar-refractivity contribution in [2.45, 2.75) is 59.1 Å². The maximum Gasteiger partial charge on any atom is 0.119 e. The second-order valence-electron chi connectivity index (χ2n) is 7.01. The number of hydrogen-bond acceptors (Lipinski definition) is 2. The van der Waals surface area contributed by atoms with Crippen LogP contribution in [0.2, 0.25) is 0 Å². The lowest BCUT2D eigenvalue weighted by atomic mass is 9.71. The van der Waals surface area contributed by atoms with E-state index in [-0.39, 0.29) is 6.04 Å².